The Labute approximate surface area is 287 Å². The van der Waals surface area contributed by atoms with Crippen molar-refractivity contribution >= 4 is 45.1 Å². The molecule has 3 aromatic carbocycles. The van der Waals surface area contributed by atoms with E-state index in [0.717, 1.165) is 42.5 Å². The molecule has 52 heavy (non-hydrogen) atoms. The molecule has 0 spiro atoms. The second-order valence-corrected chi connectivity index (χ2v) is 10.5. The maximum Gasteiger partial charge on any atom is 0.417 e. The van der Waals surface area contributed by atoms with Crippen LogP contribution in [0.3, 0.4) is 0 Å². The summed E-state index contributed by atoms with van der Waals surface area (Å²) < 4.78 is 125. The van der Waals surface area contributed by atoms with E-state index in [1.54, 1.807) is 12.1 Å². The van der Waals surface area contributed by atoms with Gasteiger partial charge >= 0.3 is 12.4 Å². The van der Waals surface area contributed by atoms with Gasteiger partial charge in [-0.3, -0.25) is 0 Å². The summed E-state index contributed by atoms with van der Waals surface area (Å²) in [7, 11) is 0. The summed E-state index contributed by atoms with van der Waals surface area (Å²) in [6.45, 7) is 29.8. The number of benzene rings is 3. The molecule has 0 heterocycles. The molecule has 0 atom stereocenters. The summed E-state index contributed by atoms with van der Waals surface area (Å²) >= 11 is 0. The Bertz CT molecular complexity index is 2470. The molecule has 16 heteroatoms. The minimum Gasteiger partial charge on any atom is -0.238 e. The van der Waals surface area contributed by atoms with Gasteiger partial charge in [-0.15, -0.1) is 0 Å². The van der Waals surface area contributed by atoms with E-state index in [0.29, 0.717) is 0 Å². The molecule has 0 saturated carbocycles. The Morgan fingerprint density at radius 2 is 1.08 bits per heavy atom. The van der Waals surface area contributed by atoms with Crippen LogP contribution in [0.2, 0.25) is 0 Å². The van der Waals surface area contributed by atoms with Crippen LogP contribution in [0.25, 0.3) is 53.1 Å². The number of fused-ring (bicyclic) bond motifs is 2. The fourth-order valence-electron chi connectivity index (χ4n) is 5.94. The standard InChI is InChI=1S/C36H6F8N8/c1-49-19-7-15(11-45)5-17(9-19)21(13-47)24-25-23(22(14-48)31(24)37)29(35(39,40)41)27-26(30(25)36(42,43)44)28(32(38)34(27)52-4)33(51-3)18-6-16(12-46)8-20(10-18)50-2/h5-10H/b24-21+,33-28?. The zero-order valence-corrected chi connectivity index (χ0v) is 25.1. The smallest absolute Gasteiger partial charge is 0.238 e. The average Bonchev–Trinajstić information content (AvgIpc) is 3.55. The van der Waals surface area contributed by atoms with Crippen molar-refractivity contribution in [2.75, 3.05) is 0 Å². The number of hydrogen-bond acceptors (Lipinski definition) is 4. The Morgan fingerprint density at radius 1 is 0.577 bits per heavy atom. The number of halogens is 8. The number of alkyl halides is 6. The van der Waals surface area contributed by atoms with Crippen LogP contribution in [0.4, 0.5) is 46.5 Å². The summed E-state index contributed by atoms with van der Waals surface area (Å²) in [4.78, 5) is 11.9. The lowest BCUT2D eigenvalue weighted by atomic mass is 9.81. The predicted octanol–water partition coefficient (Wildman–Crippen LogP) is 10.6. The van der Waals surface area contributed by atoms with Crippen LogP contribution in [0, 0.1) is 71.6 Å². The van der Waals surface area contributed by atoms with Gasteiger partial charge in [0.25, 0.3) is 0 Å². The summed E-state index contributed by atoms with van der Waals surface area (Å²) in [5.74, 6) is -4.09. The second-order valence-electron chi connectivity index (χ2n) is 10.5. The largest absolute Gasteiger partial charge is 0.417 e. The molecule has 0 saturated heterocycles. The molecular weight excluding hydrogens is 696 g/mol. The summed E-state index contributed by atoms with van der Waals surface area (Å²) in [5, 5.41) is 38.9. The lowest BCUT2D eigenvalue weighted by Gasteiger charge is -2.25. The molecule has 246 valence electrons. The van der Waals surface area contributed by atoms with E-state index in [9.17, 15) is 21.0 Å². The van der Waals surface area contributed by atoms with Gasteiger partial charge in [-0.2, -0.15) is 47.4 Å². The molecule has 5 rings (SSSR count). The van der Waals surface area contributed by atoms with Crippen molar-refractivity contribution in [2.24, 2.45) is 0 Å². The van der Waals surface area contributed by atoms with E-state index >= 15 is 35.1 Å². The van der Waals surface area contributed by atoms with Gasteiger partial charge in [0.2, 0.25) is 11.4 Å². The van der Waals surface area contributed by atoms with E-state index in [-0.39, 0.29) is 22.5 Å². The topological polar surface area (TPSA) is 113 Å². The first-order valence-corrected chi connectivity index (χ1v) is 13.7. The second kappa shape index (κ2) is 12.5. The molecule has 0 bridgehead atoms. The average molecular weight is 702 g/mol. The first-order chi connectivity index (χ1) is 24.6. The van der Waals surface area contributed by atoms with Crippen LogP contribution in [-0.2, 0) is 12.4 Å². The molecule has 3 aromatic rings. The molecule has 8 nitrogen and oxygen atoms in total. The van der Waals surface area contributed by atoms with Crippen LogP contribution >= 0.6 is 0 Å². The highest BCUT2D eigenvalue weighted by Crippen LogP contribution is 2.62. The maximum atomic E-state index is 16.4. The van der Waals surface area contributed by atoms with E-state index in [4.69, 9.17) is 26.3 Å². The predicted molar refractivity (Wildman–Crippen MR) is 165 cm³/mol. The van der Waals surface area contributed by atoms with Gasteiger partial charge in [0.05, 0.1) is 60.7 Å². The quantitative estimate of drug-likeness (QED) is 0.150. The highest BCUT2D eigenvalue weighted by molar-refractivity contribution is 6.19. The molecular formula is C36H6F8N8. The molecule has 0 aliphatic heterocycles. The van der Waals surface area contributed by atoms with Crippen molar-refractivity contribution in [1.82, 2.24) is 0 Å². The third kappa shape index (κ3) is 5.24. The van der Waals surface area contributed by atoms with E-state index < -0.39 is 102 Å². The summed E-state index contributed by atoms with van der Waals surface area (Å²) in [6.07, 6.45) is -11.8. The van der Waals surface area contributed by atoms with Crippen LogP contribution in [-0.4, -0.2) is 0 Å². The summed E-state index contributed by atoms with van der Waals surface area (Å²) in [5.41, 5.74) is -23.0. The molecule has 2 aliphatic rings. The fraction of sp³-hybridized carbons (Fsp3) is 0.0556. The van der Waals surface area contributed by atoms with Gasteiger partial charge in [-0.05, 0) is 41.0 Å². The van der Waals surface area contributed by atoms with Crippen LogP contribution in [0.15, 0.2) is 48.1 Å². The minimum atomic E-state index is -5.90. The first kappa shape index (κ1) is 35.3. The zero-order chi connectivity index (χ0) is 38.4. The highest BCUT2D eigenvalue weighted by Gasteiger charge is 2.54. The zero-order valence-electron chi connectivity index (χ0n) is 25.1. The number of nitrogens with zero attached hydrogens (tertiary/aromatic N) is 8. The van der Waals surface area contributed by atoms with E-state index in [1.165, 1.54) is 6.07 Å². The number of nitriles is 4. The van der Waals surface area contributed by atoms with Crippen molar-refractivity contribution < 1.29 is 35.1 Å². The molecule has 2 aliphatic carbocycles. The van der Waals surface area contributed by atoms with Crippen molar-refractivity contribution in [3.8, 4) is 24.3 Å². The number of rotatable bonds is 2. The third-order valence-corrected chi connectivity index (χ3v) is 7.77. The maximum absolute atomic E-state index is 16.4. The van der Waals surface area contributed by atoms with Crippen molar-refractivity contribution in [3.63, 3.8) is 0 Å². The van der Waals surface area contributed by atoms with Gasteiger partial charge in [-0.25, -0.2) is 28.2 Å². The molecule has 0 radical (unpaired) electrons. The minimum absolute atomic E-state index is 0.355. The number of allylic oxidation sites excluding steroid dienone is 6. The van der Waals surface area contributed by atoms with E-state index in [1.807, 2.05) is 0 Å². The van der Waals surface area contributed by atoms with E-state index in [2.05, 4.69) is 19.4 Å². The highest BCUT2D eigenvalue weighted by atomic mass is 19.4. The summed E-state index contributed by atoms with van der Waals surface area (Å²) in [6, 6.07) is 11.1. The van der Waals surface area contributed by atoms with Crippen molar-refractivity contribution in [1.29, 1.82) is 21.0 Å². The third-order valence-electron chi connectivity index (χ3n) is 7.77. The molecule has 0 amide bonds. The van der Waals surface area contributed by atoms with Gasteiger partial charge in [-0.1, -0.05) is 12.1 Å². The number of hydrogen-bond donors (Lipinski definition) is 0. The SMILES string of the molecule is [C-]#[N+]C(=C1C(F)=C([N+]#[C-])c2c1c(C(F)(F)F)c1c(c2C(F)(F)F)C(C#N)=C(F)/C1=C(\C#N)c1cc(C#N)cc([N+]#[C-])c1)c1cc(C#N)cc([N+]#[C-])c1. The van der Waals surface area contributed by atoms with Gasteiger partial charge < -0.3 is 0 Å². The molecule has 0 unspecified atom stereocenters. The van der Waals surface area contributed by atoms with Crippen molar-refractivity contribution in [3.05, 3.63) is 149 Å². The van der Waals surface area contributed by atoms with Crippen LogP contribution < -0.4 is 0 Å². The van der Waals surface area contributed by atoms with Crippen molar-refractivity contribution in [2.45, 2.75) is 12.4 Å². The van der Waals surface area contributed by atoms with Crippen LogP contribution in [0.5, 0.6) is 0 Å². The normalized spacial score (nSPS) is 15.1. The monoisotopic (exact) mass is 702 g/mol. The fourth-order valence-corrected chi connectivity index (χ4v) is 5.94. The Balaban J connectivity index is 2.18. The Morgan fingerprint density at radius 3 is 1.52 bits per heavy atom. The van der Waals surface area contributed by atoms with Gasteiger partial charge in [0.15, 0.2) is 17.2 Å². The molecule has 0 aromatic heterocycles. The lowest BCUT2D eigenvalue weighted by Crippen LogP contribution is -2.20. The molecule has 0 N–H and O–H groups in total. The van der Waals surface area contributed by atoms with Crippen LogP contribution in [0.1, 0.15) is 55.6 Å². The van der Waals surface area contributed by atoms with Gasteiger partial charge in [0, 0.05) is 39.0 Å². The lowest BCUT2D eigenvalue weighted by molar-refractivity contribution is -0.141. The first-order valence-electron chi connectivity index (χ1n) is 13.7. The van der Waals surface area contributed by atoms with Gasteiger partial charge in [0.1, 0.15) is 18.0 Å². The Kier molecular flexibility index (Phi) is 8.45. The molecule has 0 fully saturated rings. The Hall–Kier alpha value is -8.02.